The van der Waals surface area contributed by atoms with Gasteiger partial charge in [-0.05, 0) is 49.9 Å². The number of carbonyl (C=O) groups excluding carboxylic acids is 1. The molecule has 0 aliphatic carbocycles. The standard InChI is InChI=1S/C19H26N4O2/c1-3-22(12-16-6-8-20-9-7-16)13-17-5-4-10-23(14-17)19(24)18-11-15(2)25-21-18/h6-9,11,17H,3-5,10,12-14H2,1-2H3. The van der Waals surface area contributed by atoms with Crippen molar-refractivity contribution in [1.29, 1.82) is 0 Å². The molecule has 6 nitrogen and oxygen atoms in total. The Morgan fingerprint density at radius 1 is 1.40 bits per heavy atom. The molecular weight excluding hydrogens is 316 g/mol. The van der Waals surface area contributed by atoms with Gasteiger partial charge in [0, 0.05) is 44.6 Å². The highest BCUT2D eigenvalue weighted by molar-refractivity contribution is 5.92. The maximum Gasteiger partial charge on any atom is 0.276 e. The second-order valence-corrected chi connectivity index (χ2v) is 6.77. The van der Waals surface area contributed by atoms with Gasteiger partial charge in [0.2, 0.25) is 0 Å². The number of nitrogens with zero attached hydrogens (tertiary/aromatic N) is 4. The van der Waals surface area contributed by atoms with Crippen molar-refractivity contribution in [2.24, 2.45) is 5.92 Å². The maximum atomic E-state index is 12.6. The summed E-state index contributed by atoms with van der Waals surface area (Å²) in [6.07, 6.45) is 5.88. The summed E-state index contributed by atoms with van der Waals surface area (Å²) in [7, 11) is 0. The number of hydrogen-bond acceptors (Lipinski definition) is 5. The third-order valence-electron chi connectivity index (χ3n) is 4.77. The lowest BCUT2D eigenvalue weighted by Gasteiger charge is -2.35. The molecule has 1 unspecified atom stereocenters. The van der Waals surface area contributed by atoms with E-state index in [0.29, 0.717) is 17.4 Å². The number of carbonyl (C=O) groups is 1. The fourth-order valence-corrected chi connectivity index (χ4v) is 3.44. The molecule has 1 amide bonds. The van der Waals surface area contributed by atoms with E-state index < -0.39 is 0 Å². The molecular formula is C19H26N4O2. The summed E-state index contributed by atoms with van der Waals surface area (Å²) >= 11 is 0. The number of amides is 1. The monoisotopic (exact) mass is 342 g/mol. The Morgan fingerprint density at radius 3 is 2.88 bits per heavy atom. The number of aromatic nitrogens is 2. The molecule has 1 aliphatic rings. The zero-order valence-corrected chi connectivity index (χ0v) is 15.0. The van der Waals surface area contributed by atoms with Crippen molar-refractivity contribution in [2.45, 2.75) is 33.2 Å². The van der Waals surface area contributed by atoms with Crippen LogP contribution in [0.5, 0.6) is 0 Å². The van der Waals surface area contributed by atoms with E-state index in [0.717, 1.165) is 45.6 Å². The molecule has 0 bridgehead atoms. The Labute approximate surface area is 148 Å². The van der Waals surface area contributed by atoms with Crippen LogP contribution in [0.2, 0.25) is 0 Å². The first-order valence-electron chi connectivity index (χ1n) is 8.99. The third-order valence-corrected chi connectivity index (χ3v) is 4.77. The van der Waals surface area contributed by atoms with Crippen molar-refractivity contribution in [3.63, 3.8) is 0 Å². The lowest BCUT2D eigenvalue weighted by Crippen LogP contribution is -2.43. The Hall–Kier alpha value is -2.21. The molecule has 1 saturated heterocycles. The van der Waals surface area contributed by atoms with Crippen molar-refractivity contribution in [3.8, 4) is 0 Å². The van der Waals surface area contributed by atoms with Crippen LogP contribution in [-0.2, 0) is 6.54 Å². The van der Waals surface area contributed by atoms with E-state index in [9.17, 15) is 4.79 Å². The molecule has 0 spiro atoms. The van der Waals surface area contributed by atoms with Gasteiger partial charge in [0.1, 0.15) is 5.76 Å². The van der Waals surface area contributed by atoms with E-state index in [2.05, 4.69) is 34.1 Å². The topological polar surface area (TPSA) is 62.5 Å². The summed E-state index contributed by atoms with van der Waals surface area (Å²) in [6.45, 7) is 8.50. The third kappa shape index (κ3) is 4.66. The lowest BCUT2D eigenvalue weighted by atomic mass is 9.97. The molecule has 2 aromatic rings. The second-order valence-electron chi connectivity index (χ2n) is 6.77. The lowest BCUT2D eigenvalue weighted by molar-refractivity contribution is 0.0628. The number of rotatable bonds is 6. The minimum Gasteiger partial charge on any atom is -0.361 e. The summed E-state index contributed by atoms with van der Waals surface area (Å²) in [5, 5.41) is 3.87. The fourth-order valence-electron chi connectivity index (χ4n) is 3.44. The van der Waals surface area contributed by atoms with Gasteiger partial charge in [-0.15, -0.1) is 0 Å². The Balaban J connectivity index is 1.57. The van der Waals surface area contributed by atoms with Gasteiger partial charge < -0.3 is 9.42 Å². The molecule has 0 saturated carbocycles. The summed E-state index contributed by atoms with van der Waals surface area (Å²) in [4.78, 5) is 21.0. The van der Waals surface area contributed by atoms with Crippen LogP contribution in [0.4, 0.5) is 0 Å². The molecule has 3 heterocycles. The van der Waals surface area contributed by atoms with Gasteiger partial charge >= 0.3 is 0 Å². The zero-order valence-electron chi connectivity index (χ0n) is 15.0. The SMILES string of the molecule is CCN(Cc1ccncc1)CC1CCCN(C(=O)c2cc(C)on2)C1. The highest BCUT2D eigenvalue weighted by atomic mass is 16.5. The number of likely N-dealkylation sites (tertiary alicyclic amines) is 1. The molecule has 0 radical (unpaired) electrons. The molecule has 1 fully saturated rings. The summed E-state index contributed by atoms with van der Waals surface area (Å²) in [5.41, 5.74) is 1.70. The van der Waals surface area contributed by atoms with Crippen molar-refractivity contribution in [1.82, 2.24) is 19.9 Å². The largest absolute Gasteiger partial charge is 0.361 e. The normalized spacial score (nSPS) is 17.9. The van der Waals surface area contributed by atoms with Gasteiger partial charge in [0.25, 0.3) is 5.91 Å². The van der Waals surface area contributed by atoms with E-state index in [1.807, 2.05) is 17.3 Å². The molecule has 25 heavy (non-hydrogen) atoms. The van der Waals surface area contributed by atoms with Crippen molar-refractivity contribution < 1.29 is 9.32 Å². The van der Waals surface area contributed by atoms with Crippen molar-refractivity contribution >= 4 is 5.91 Å². The van der Waals surface area contributed by atoms with E-state index in [1.54, 1.807) is 13.0 Å². The van der Waals surface area contributed by atoms with Crippen molar-refractivity contribution in [2.75, 3.05) is 26.2 Å². The average Bonchev–Trinajstić information content (AvgIpc) is 3.08. The molecule has 1 atom stereocenters. The van der Waals surface area contributed by atoms with Crippen LogP contribution >= 0.6 is 0 Å². The predicted molar refractivity (Wildman–Crippen MR) is 95.1 cm³/mol. The van der Waals surface area contributed by atoms with E-state index >= 15 is 0 Å². The number of pyridine rings is 1. The quantitative estimate of drug-likeness (QED) is 0.808. The predicted octanol–water partition coefficient (Wildman–Crippen LogP) is 2.75. The van der Waals surface area contributed by atoms with Crippen LogP contribution in [0.15, 0.2) is 35.1 Å². The summed E-state index contributed by atoms with van der Waals surface area (Å²) < 4.78 is 5.04. The number of piperidine rings is 1. The molecule has 3 rings (SSSR count). The van der Waals surface area contributed by atoms with Gasteiger partial charge in [-0.1, -0.05) is 12.1 Å². The Kier molecular flexibility index (Phi) is 5.81. The van der Waals surface area contributed by atoms with Gasteiger partial charge in [-0.25, -0.2) is 0 Å². The first-order valence-corrected chi connectivity index (χ1v) is 8.99. The number of aryl methyl sites for hydroxylation is 1. The average molecular weight is 342 g/mol. The smallest absolute Gasteiger partial charge is 0.276 e. The first kappa shape index (κ1) is 17.6. The molecule has 2 aromatic heterocycles. The van der Waals surface area contributed by atoms with Crippen LogP contribution in [0, 0.1) is 12.8 Å². The molecule has 0 N–H and O–H groups in total. The van der Waals surface area contributed by atoms with Gasteiger partial charge in [0.15, 0.2) is 5.69 Å². The minimum atomic E-state index is -0.0151. The molecule has 1 aliphatic heterocycles. The van der Waals surface area contributed by atoms with E-state index in [-0.39, 0.29) is 5.91 Å². The number of hydrogen-bond donors (Lipinski definition) is 0. The van der Waals surface area contributed by atoms with Crippen molar-refractivity contribution in [3.05, 3.63) is 47.6 Å². The summed E-state index contributed by atoms with van der Waals surface area (Å²) in [5.74, 6) is 1.15. The highest BCUT2D eigenvalue weighted by Crippen LogP contribution is 2.20. The van der Waals surface area contributed by atoms with Crippen LogP contribution in [0.3, 0.4) is 0 Å². The van der Waals surface area contributed by atoms with Crippen LogP contribution in [0.25, 0.3) is 0 Å². The van der Waals surface area contributed by atoms with E-state index in [1.165, 1.54) is 5.56 Å². The Morgan fingerprint density at radius 2 is 2.20 bits per heavy atom. The minimum absolute atomic E-state index is 0.0151. The van der Waals surface area contributed by atoms with Gasteiger partial charge in [-0.3, -0.25) is 14.7 Å². The fraction of sp³-hybridized carbons (Fsp3) is 0.526. The first-order chi connectivity index (χ1) is 12.2. The van der Waals surface area contributed by atoms with Crippen LogP contribution in [-0.4, -0.2) is 52.0 Å². The van der Waals surface area contributed by atoms with Gasteiger partial charge in [0.05, 0.1) is 0 Å². The van der Waals surface area contributed by atoms with Crippen LogP contribution in [0.1, 0.15) is 41.6 Å². The van der Waals surface area contributed by atoms with Gasteiger partial charge in [-0.2, -0.15) is 0 Å². The van der Waals surface area contributed by atoms with E-state index in [4.69, 9.17) is 4.52 Å². The zero-order chi connectivity index (χ0) is 17.6. The molecule has 6 heteroatoms. The highest BCUT2D eigenvalue weighted by Gasteiger charge is 2.27. The maximum absolute atomic E-state index is 12.6. The second kappa shape index (κ2) is 8.25. The molecule has 134 valence electrons. The molecule has 0 aromatic carbocycles. The Bertz CT molecular complexity index is 686. The van der Waals surface area contributed by atoms with Crippen LogP contribution < -0.4 is 0 Å². The summed E-state index contributed by atoms with van der Waals surface area (Å²) in [6, 6.07) is 5.84.